The molecule has 4 heteroatoms. The highest BCUT2D eigenvalue weighted by Gasteiger charge is 2.03. The molecule has 116 valence electrons. The lowest BCUT2D eigenvalue weighted by Crippen LogP contribution is -2.00. The van der Waals surface area contributed by atoms with Gasteiger partial charge in [0.05, 0.1) is 0 Å². The largest absolute Gasteiger partial charge is 0.481 e. The second-order valence-corrected chi connectivity index (χ2v) is 5.22. The fraction of sp³-hybridized carbons (Fsp3) is 0.412. The molecule has 0 saturated carbocycles. The summed E-state index contributed by atoms with van der Waals surface area (Å²) in [6.45, 7) is 7.50. The predicted octanol–water partition coefficient (Wildman–Crippen LogP) is 3.77. The minimum atomic E-state index is -0.907. The third kappa shape index (κ3) is 11.4. The quantitative estimate of drug-likeness (QED) is 0.750. The Balaban J connectivity index is 0.000000433. The van der Waals surface area contributed by atoms with Crippen LogP contribution in [0.5, 0.6) is 0 Å². The van der Waals surface area contributed by atoms with Crippen molar-refractivity contribution < 1.29 is 19.8 Å². The molecule has 0 aliphatic rings. The van der Waals surface area contributed by atoms with Crippen LogP contribution in [0.2, 0.25) is 0 Å². The average molecular weight is 292 g/mol. The molecule has 4 nitrogen and oxygen atoms in total. The van der Waals surface area contributed by atoms with E-state index in [9.17, 15) is 9.59 Å². The maximum Gasteiger partial charge on any atom is 0.330 e. The van der Waals surface area contributed by atoms with Gasteiger partial charge in [0.25, 0.3) is 0 Å². The highest BCUT2D eigenvalue weighted by Crippen LogP contribution is 2.07. The first kappa shape index (κ1) is 18.9. The predicted molar refractivity (Wildman–Crippen MR) is 83.2 cm³/mol. The van der Waals surface area contributed by atoms with Gasteiger partial charge in [0.1, 0.15) is 0 Å². The number of benzene rings is 1. The standard InChI is InChI=1S/C11H12O2.C6H12O2/c1-9(11(12)13)7-8-10-5-3-2-4-6-10;1-5(2)3-4-6(7)8/h2-6H,1,7-8H2,(H,12,13);5H,3-4H2,1-2H3,(H,7,8). The minimum Gasteiger partial charge on any atom is -0.481 e. The number of aryl methyl sites for hydroxylation is 1. The number of carboxylic acid groups (broad SMARTS) is 2. The zero-order valence-electron chi connectivity index (χ0n) is 12.7. The van der Waals surface area contributed by atoms with E-state index in [2.05, 4.69) is 6.58 Å². The number of rotatable bonds is 7. The summed E-state index contributed by atoms with van der Waals surface area (Å²) in [6.07, 6.45) is 2.35. The Hall–Kier alpha value is -2.10. The summed E-state index contributed by atoms with van der Waals surface area (Å²) in [5, 5.41) is 16.7. The fourth-order valence-corrected chi connectivity index (χ4v) is 1.46. The third-order valence-electron chi connectivity index (χ3n) is 2.80. The Morgan fingerprint density at radius 3 is 2.05 bits per heavy atom. The molecule has 0 saturated heterocycles. The van der Waals surface area contributed by atoms with Gasteiger partial charge in [-0.25, -0.2) is 4.79 Å². The van der Waals surface area contributed by atoms with Crippen LogP contribution < -0.4 is 0 Å². The van der Waals surface area contributed by atoms with Gasteiger partial charge in [-0.05, 0) is 30.7 Å². The van der Waals surface area contributed by atoms with Gasteiger partial charge in [-0.1, -0.05) is 50.8 Å². The second-order valence-electron chi connectivity index (χ2n) is 5.22. The smallest absolute Gasteiger partial charge is 0.330 e. The number of carboxylic acids is 2. The molecule has 0 amide bonds. The normalized spacial score (nSPS) is 9.67. The van der Waals surface area contributed by atoms with Crippen LogP contribution >= 0.6 is 0 Å². The lowest BCUT2D eigenvalue weighted by molar-refractivity contribution is -0.137. The van der Waals surface area contributed by atoms with Crippen LogP contribution in [0.1, 0.15) is 38.7 Å². The van der Waals surface area contributed by atoms with Crippen LogP contribution in [-0.4, -0.2) is 22.2 Å². The highest BCUT2D eigenvalue weighted by atomic mass is 16.4. The molecule has 2 N–H and O–H groups in total. The van der Waals surface area contributed by atoms with Crippen molar-refractivity contribution in [1.29, 1.82) is 0 Å². The molecule has 0 spiro atoms. The van der Waals surface area contributed by atoms with Crippen LogP contribution in [0.25, 0.3) is 0 Å². The molecular formula is C17H24O4. The van der Waals surface area contributed by atoms with Crippen LogP contribution in [0.3, 0.4) is 0 Å². The van der Waals surface area contributed by atoms with E-state index in [1.54, 1.807) is 0 Å². The number of hydrogen-bond donors (Lipinski definition) is 2. The lowest BCUT2D eigenvalue weighted by atomic mass is 10.1. The summed E-state index contributed by atoms with van der Waals surface area (Å²) in [6, 6.07) is 9.79. The zero-order chi connectivity index (χ0) is 16.3. The van der Waals surface area contributed by atoms with Gasteiger partial charge in [0, 0.05) is 12.0 Å². The molecule has 0 fully saturated rings. The number of hydrogen-bond acceptors (Lipinski definition) is 2. The van der Waals surface area contributed by atoms with E-state index >= 15 is 0 Å². The van der Waals surface area contributed by atoms with Gasteiger partial charge in [0.2, 0.25) is 0 Å². The molecule has 21 heavy (non-hydrogen) atoms. The topological polar surface area (TPSA) is 74.6 Å². The maximum absolute atomic E-state index is 10.4. The van der Waals surface area contributed by atoms with Crippen LogP contribution in [-0.2, 0) is 16.0 Å². The van der Waals surface area contributed by atoms with Crippen molar-refractivity contribution in [2.45, 2.75) is 39.5 Å². The molecule has 0 heterocycles. The van der Waals surface area contributed by atoms with E-state index in [4.69, 9.17) is 10.2 Å². The average Bonchev–Trinajstić information content (AvgIpc) is 2.44. The highest BCUT2D eigenvalue weighted by molar-refractivity contribution is 5.85. The van der Waals surface area contributed by atoms with E-state index in [1.165, 1.54) is 0 Å². The van der Waals surface area contributed by atoms with Crippen LogP contribution in [0, 0.1) is 5.92 Å². The SMILES string of the molecule is C=C(CCc1ccccc1)C(=O)O.CC(C)CCC(=O)O. The van der Waals surface area contributed by atoms with E-state index < -0.39 is 11.9 Å². The third-order valence-corrected chi connectivity index (χ3v) is 2.80. The molecule has 0 atom stereocenters. The van der Waals surface area contributed by atoms with Crippen molar-refractivity contribution in [1.82, 2.24) is 0 Å². The van der Waals surface area contributed by atoms with Crippen molar-refractivity contribution in [3.8, 4) is 0 Å². The van der Waals surface area contributed by atoms with E-state index in [0.29, 0.717) is 18.8 Å². The van der Waals surface area contributed by atoms with E-state index in [1.807, 2.05) is 44.2 Å². The minimum absolute atomic E-state index is 0.267. The van der Waals surface area contributed by atoms with Crippen molar-refractivity contribution in [2.24, 2.45) is 5.92 Å². The van der Waals surface area contributed by atoms with Crippen molar-refractivity contribution in [2.75, 3.05) is 0 Å². The zero-order valence-corrected chi connectivity index (χ0v) is 12.7. The molecule has 0 radical (unpaired) electrons. The monoisotopic (exact) mass is 292 g/mol. The Morgan fingerprint density at radius 1 is 1.10 bits per heavy atom. The molecule has 0 aliphatic heterocycles. The summed E-state index contributed by atoms with van der Waals surface area (Å²) in [7, 11) is 0. The van der Waals surface area contributed by atoms with Gasteiger partial charge >= 0.3 is 11.9 Å². The molecule has 0 aliphatic carbocycles. The second kappa shape index (κ2) is 10.7. The van der Waals surface area contributed by atoms with Crippen molar-refractivity contribution >= 4 is 11.9 Å². The molecule has 1 aromatic carbocycles. The van der Waals surface area contributed by atoms with Crippen LogP contribution in [0.15, 0.2) is 42.5 Å². The summed E-state index contributed by atoms with van der Waals surface area (Å²) in [5.74, 6) is -1.10. The summed E-state index contributed by atoms with van der Waals surface area (Å²) in [5.41, 5.74) is 1.41. The molecular weight excluding hydrogens is 268 g/mol. The Kier molecular flexibility index (Phi) is 9.59. The van der Waals surface area contributed by atoms with Crippen molar-refractivity contribution in [3.05, 3.63) is 48.0 Å². The summed E-state index contributed by atoms with van der Waals surface area (Å²) < 4.78 is 0. The lowest BCUT2D eigenvalue weighted by Gasteiger charge is -2.00. The fourth-order valence-electron chi connectivity index (χ4n) is 1.46. The van der Waals surface area contributed by atoms with Crippen molar-refractivity contribution in [3.63, 3.8) is 0 Å². The summed E-state index contributed by atoms with van der Waals surface area (Å²) in [4.78, 5) is 20.3. The van der Waals surface area contributed by atoms with E-state index in [-0.39, 0.29) is 5.57 Å². The Morgan fingerprint density at radius 2 is 1.67 bits per heavy atom. The first-order chi connectivity index (χ1) is 9.82. The molecule has 0 aromatic heterocycles. The van der Waals surface area contributed by atoms with Gasteiger partial charge in [-0.2, -0.15) is 0 Å². The molecule has 1 rings (SSSR count). The molecule has 1 aromatic rings. The van der Waals surface area contributed by atoms with Gasteiger partial charge < -0.3 is 10.2 Å². The number of carbonyl (C=O) groups is 2. The first-order valence-electron chi connectivity index (χ1n) is 6.99. The summed E-state index contributed by atoms with van der Waals surface area (Å²) >= 11 is 0. The first-order valence-corrected chi connectivity index (χ1v) is 6.99. The van der Waals surface area contributed by atoms with Gasteiger partial charge in [0.15, 0.2) is 0 Å². The van der Waals surface area contributed by atoms with Crippen LogP contribution in [0.4, 0.5) is 0 Å². The Labute approximate surface area is 126 Å². The molecule has 0 bridgehead atoms. The van der Waals surface area contributed by atoms with Gasteiger partial charge in [-0.15, -0.1) is 0 Å². The maximum atomic E-state index is 10.4. The Bertz CT molecular complexity index is 449. The molecule has 0 unspecified atom stereocenters. The number of aliphatic carboxylic acids is 2. The van der Waals surface area contributed by atoms with Gasteiger partial charge in [-0.3, -0.25) is 4.79 Å². The van der Waals surface area contributed by atoms with E-state index in [0.717, 1.165) is 18.4 Å².